The first-order valence-electron chi connectivity index (χ1n) is 18.6. The summed E-state index contributed by atoms with van der Waals surface area (Å²) >= 11 is 0. The zero-order valence-corrected chi connectivity index (χ0v) is 30.5. The van der Waals surface area contributed by atoms with Crippen LogP contribution in [0.2, 0.25) is 0 Å². The van der Waals surface area contributed by atoms with Gasteiger partial charge in [-0.1, -0.05) is 96.5 Å². The van der Waals surface area contributed by atoms with Gasteiger partial charge in [0.1, 0.15) is 0 Å². The first-order chi connectivity index (χ1) is 22.0. The van der Waals surface area contributed by atoms with Gasteiger partial charge in [0.25, 0.3) is 0 Å². The van der Waals surface area contributed by atoms with Crippen LogP contribution in [-0.2, 0) is 16.1 Å². The van der Waals surface area contributed by atoms with Crippen molar-refractivity contribution in [3.63, 3.8) is 0 Å². The second-order valence-corrected chi connectivity index (χ2v) is 18.5. The van der Waals surface area contributed by atoms with Crippen LogP contribution in [0.3, 0.4) is 0 Å². The molecule has 0 aromatic heterocycles. The fraction of sp³-hybridized carbons (Fsp3) is 0.714. The van der Waals surface area contributed by atoms with Gasteiger partial charge in [0, 0.05) is 13.1 Å². The van der Waals surface area contributed by atoms with E-state index in [1.54, 1.807) is 16.5 Å². The predicted octanol–water partition coefficient (Wildman–Crippen LogP) is 8.48. The second-order valence-electron chi connectivity index (χ2n) is 18.5. The Morgan fingerprint density at radius 2 is 1.64 bits per heavy atom. The molecule has 258 valence electrons. The monoisotopic (exact) mass is 642 g/mol. The van der Waals surface area contributed by atoms with Gasteiger partial charge in [-0.05, 0) is 115 Å². The van der Waals surface area contributed by atoms with Crippen LogP contribution in [0.4, 0.5) is 0 Å². The van der Waals surface area contributed by atoms with Gasteiger partial charge in [-0.25, -0.2) is 0 Å². The van der Waals surface area contributed by atoms with E-state index in [1.165, 1.54) is 12.8 Å². The Bertz CT molecular complexity index is 1410. The number of amides is 2. The quantitative estimate of drug-likeness (QED) is 0.293. The topological polar surface area (TPSA) is 69.6 Å². The Labute approximate surface area is 285 Å². The molecule has 5 heteroatoms. The number of rotatable bonds is 7. The lowest BCUT2D eigenvalue weighted by Gasteiger charge is -2.71. The minimum Gasteiger partial charge on any atom is -0.393 e. The van der Waals surface area contributed by atoms with E-state index in [0.29, 0.717) is 24.9 Å². The molecular weight excluding hydrogens is 580 g/mol. The van der Waals surface area contributed by atoms with Crippen molar-refractivity contribution in [1.29, 1.82) is 0 Å². The van der Waals surface area contributed by atoms with Crippen molar-refractivity contribution in [1.82, 2.24) is 10.2 Å². The van der Waals surface area contributed by atoms with Crippen molar-refractivity contribution in [2.24, 2.45) is 50.2 Å². The normalized spacial score (nSPS) is 40.0. The summed E-state index contributed by atoms with van der Waals surface area (Å²) in [7, 11) is 0. The van der Waals surface area contributed by atoms with Crippen molar-refractivity contribution in [3.8, 4) is 0 Å². The molecule has 0 radical (unpaired) electrons. The standard InChI is InChI=1S/C42H62N2O3/c1-9-25-44(28-35(46)43-27-29-13-11-10-12-14-29)36(47)42-23-21-37(2,3)26-31(42)30-15-16-33-39(6)19-18-34(45)38(4,5)32(39)17-20-41(33,8)40(30,7)22-24-42/h9-15,31-34,45H,1,16-28H2,2-8H3,(H,43,46)/t31-,32-,33+,34-,39-,40+,41+,42-/m0/s1. The summed E-state index contributed by atoms with van der Waals surface area (Å²) in [6.45, 7) is 22.0. The molecule has 2 N–H and O–H groups in total. The first kappa shape index (κ1) is 34.5. The van der Waals surface area contributed by atoms with Gasteiger partial charge in [0.2, 0.25) is 11.8 Å². The van der Waals surface area contributed by atoms with Gasteiger partial charge >= 0.3 is 0 Å². The number of aliphatic hydroxyl groups excluding tert-OH is 1. The number of hydrogen-bond donors (Lipinski definition) is 2. The third-order valence-electron chi connectivity index (χ3n) is 15.3. The molecule has 5 aliphatic rings. The zero-order chi connectivity index (χ0) is 34.0. The Kier molecular flexibility index (Phi) is 8.71. The smallest absolute Gasteiger partial charge is 0.239 e. The number of aliphatic hydroxyl groups is 1. The number of hydrogen-bond acceptors (Lipinski definition) is 3. The van der Waals surface area contributed by atoms with E-state index < -0.39 is 5.41 Å². The molecule has 5 nitrogen and oxygen atoms in total. The van der Waals surface area contributed by atoms with E-state index in [2.05, 4.69) is 66.4 Å². The third-order valence-corrected chi connectivity index (χ3v) is 15.3. The number of nitrogens with one attached hydrogen (secondary N) is 1. The molecule has 8 atom stereocenters. The van der Waals surface area contributed by atoms with Crippen molar-refractivity contribution < 1.29 is 14.7 Å². The summed E-state index contributed by atoms with van der Waals surface area (Å²) in [6, 6.07) is 9.94. The molecule has 1 aromatic rings. The summed E-state index contributed by atoms with van der Waals surface area (Å²) in [6.07, 6.45) is 14.4. The SMILES string of the molecule is C=CCN(CC(=O)NCc1ccccc1)C(=O)[C@]12CCC(C)(C)C[C@H]1C1=CC[C@@H]3[C@@]4(C)CC[C@H](O)C(C)(C)[C@@H]4CC[C@@]3(C)[C@]1(C)CC2. The van der Waals surface area contributed by atoms with Crippen molar-refractivity contribution >= 4 is 11.8 Å². The Morgan fingerprint density at radius 1 is 0.936 bits per heavy atom. The third kappa shape index (κ3) is 5.36. The van der Waals surface area contributed by atoms with Crippen LogP contribution in [0.15, 0.2) is 54.6 Å². The first-order valence-corrected chi connectivity index (χ1v) is 18.6. The largest absolute Gasteiger partial charge is 0.393 e. The maximum atomic E-state index is 15.0. The fourth-order valence-electron chi connectivity index (χ4n) is 12.3. The highest BCUT2D eigenvalue weighted by Gasteiger charge is 2.69. The van der Waals surface area contributed by atoms with E-state index in [1.807, 2.05) is 30.3 Å². The average Bonchev–Trinajstić information content (AvgIpc) is 3.02. The summed E-state index contributed by atoms with van der Waals surface area (Å²) in [5, 5.41) is 14.1. The lowest BCUT2D eigenvalue weighted by molar-refractivity contribution is -0.204. The van der Waals surface area contributed by atoms with Crippen LogP contribution < -0.4 is 5.32 Å². The highest BCUT2D eigenvalue weighted by Crippen LogP contribution is 2.75. The summed E-state index contributed by atoms with van der Waals surface area (Å²) < 4.78 is 0. The van der Waals surface area contributed by atoms with Crippen molar-refractivity contribution in [2.45, 2.75) is 125 Å². The van der Waals surface area contributed by atoms with Gasteiger partial charge in [0.05, 0.1) is 18.1 Å². The molecule has 0 bridgehead atoms. The van der Waals surface area contributed by atoms with Gasteiger partial charge in [0.15, 0.2) is 0 Å². The van der Waals surface area contributed by atoms with Gasteiger partial charge in [-0.2, -0.15) is 0 Å². The van der Waals surface area contributed by atoms with Crippen LogP contribution in [-0.4, -0.2) is 41.0 Å². The lowest BCUT2D eigenvalue weighted by Crippen LogP contribution is -2.65. The highest BCUT2D eigenvalue weighted by molar-refractivity contribution is 5.89. The summed E-state index contributed by atoms with van der Waals surface area (Å²) in [4.78, 5) is 30.1. The number of carbonyl (C=O) groups is 2. The molecule has 4 saturated carbocycles. The molecule has 0 unspecified atom stereocenters. The van der Waals surface area contributed by atoms with Crippen LogP contribution in [0.25, 0.3) is 0 Å². The van der Waals surface area contributed by atoms with E-state index >= 15 is 0 Å². The average molecular weight is 643 g/mol. The summed E-state index contributed by atoms with van der Waals surface area (Å²) in [5.74, 6) is 1.31. The van der Waals surface area contributed by atoms with E-state index in [9.17, 15) is 14.7 Å². The van der Waals surface area contributed by atoms with Crippen LogP contribution in [0, 0.1) is 50.2 Å². The molecule has 5 aliphatic carbocycles. The maximum absolute atomic E-state index is 15.0. The number of benzene rings is 1. The molecule has 0 aliphatic heterocycles. The van der Waals surface area contributed by atoms with Crippen molar-refractivity contribution in [2.75, 3.05) is 13.1 Å². The van der Waals surface area contributed by atoms with E-state index in [-0.39, 0.29) is 57.5 Å². The minimum atomic E-state index is -0.481. The molecule has 6 rings (SSSR count). The van der Waals surface area contributed by atoms with Gasteiger partial charge < -0.3 is 15.3 Å². The zero-order valence-electron chi connectivity index (χ0n) is 30.5. The lowest BCUT2D eigenvalue weighted by atomic mass is 9.33. The van der Waals surface area contributed by atoms with Crippen molar-refractivity contribution in [3.05, 3.63) is 60.2 Å². The van der Waals surface area contributed by atoms with Gasteiger partial charge in [-0.3, -0.25) is 9.59 Å². The van der Waals surface area contributed by atoms with Gasteiger partial charge in [-0.15, -0.1) is 6.58 Å². The van der Waals surface area contributed by atoms with E-state index in [4.69, 9.17) is 0 Å². The molecule has 47 heavy (non-hydrogen) atoms. The maximum Gasteiger partial charge on any atom is 0.239 e. The van der Waals surface area contributed by atoms with Crippen LogP contribution in [0.1, 0.15) is 118 Å². The molecule has 4 fully saturated rings. The molecule has 0 spiro atoms. The number of carbonyl (C=O) groups excluding carboxylic acids is 2. The molecule has 1 aromatic carbocycles. The Balaban J connectivity index is 1.32. The molecule has 0 heterocycles. The molecule has 2 amide bonds. The summed E-state index contributed by atoms with van der Waals surface area (Å²) in [5.41, 5.74) is 2.59. The second kappa shape index (κ2) is 11.9. The fourth-order valence-corrected chi connectivity index (χ4v) is 12.3. The number of nitrogens with zero attached hydrogens (tertiary/aromatic N) is 1. The van der Waals surface area contributed by atoms with Crippen LogP contribution >= 0.6 is 0 Å². The minimum absolute atomic E-state index is 0.0301. The van der Waals surface area contributed by atoms with Crippen LogP contribution in [0.5, 0.6) is 0 Å². The van der Waals surface area contributed by atoms with E-state index in [0.717, 1.165) is 56.9 Å². The predicted molar refractivity (Wildman–Crippen MR) is 190 cm³/mol. The highest BCUT2D eigenvalue weighted by atomic mass is 16.3. The Hall–Kier alpha value is -2.40. The molecular formula is C42H62N2O3. The number of allylic oxidation sites excluding steroid dienone is 2. The molecule has 0 saturated heterocycles. The number of fused-ring (bicyclic) bond motifs is 7. The Morgan fingerprint density at radius 3 is 2.34 bits per heavy atom.